The van der Waals surface area contributed by atoms with Crippen LogP contribution in [0.4, 0.5) is 11.4 Å². The Morgan fingerprint density at radius 1 is 1.17 bits per heavy atom. The first-order valence-corrected chi connectivity index (χ1v) is 6.59. The van der Waals surface area contributed by atoms with Gasteiger partial charge in [-0.3, -0.25) is 10.2 Å². The highest BCUT2D eigenvalue weighted by Crippen LogP contribution is 2.22. The van der Waals surface area contributed by atoms with E-state index in [0.29, 0.717) is 0 Å². The van der Waals surface area contributed by atoms with Crippen molar-refractivity contribution in [3.05, 3.63) is 53.1 Å². The molecule has 6 N–H and O–H groups in total. The molecular formula is C16H12N4O4. The molecule has 2 rings (SSSR count). The molecule has 0 fully saturated rings. The summed E-state index contributed by atoms with van der Waals surface area (Å²) < 4.78 is 0. The van der Waals surface area contributed by atoms with E-state index in [2.05, 4.69) is 5.32 Å². The molecule has 0 aliphatic carbocycles. The standard InChI is InChI=1S/C16H12N4O4/c17-7-8-1-4-12(11(5-8)16(23)24)20-15(22)14(19)10-3-2-9(18)6-13(10)21/h1-6,19,21H,18H2,(H,20,22)(H,23,24). The smallest absolute Gasteiger partial charge is 0.337 e. The van der Waals surface area contributed by atoms with Gasteiger partial charge in [0.1, 0.15) is 11.5 Å². The van der Waals surface area contributed by atoms with Crippen LogP contribution in [0, 0.1) is 16.7 Å². The van der Waals surface area contributed by atoms with Gasteiger partial charge in [0.2, 0.25) is 0 Å². The summed E-state index contributed by atoms with van der Waals surface area (Å²) in [6.45, 7) is 0. The van der Waals surface area contributed by atoms with E-state index in [1.165, 1.54) is 30.3 Å². The number of nitrogens with two attached hydrogens (primary N) is 1. The van der Waals surface area contributed by atoms with Crippen LogP contribution in [0.2, 0.25) is 0 Å². The second-order valence-electron chi connectivity index (χ2n) is 4.78. The molecule has 8 heteroatoms. The molecule has 0 aromatic heterocycles. The van der Waals surface area contributed by atoms with E-state index < -0.39 is 17.6 Å². The number of phenolic OH excluding ortho intramolecular Hbond substituents is 1. The molecule has 0 aliphatic rings. The zero-order valence-corrected chi connectivity index (χ0v) is 12.2. The number of aromatic hydroxyl groups is 1. The van der Waals surface area contributed by atoms with E-state index in [-0.39, 0.29) is 33.8 Å². The molecule has 2 aromatic rings. The van der Waals surface area contributed by atoms with Crippen LogP contribution in [0.25, 0.3) is 0 Å². The van der Waals surface area contributed by atoms with E-state index in [1.807, 2.05) is 0 Å². The zero-order valence-electron chi connectivity index (χ0n) is 12.2. The summed E-state index contributed by atoms with van der Waals surface area (Å²) in [6.07, 6.45) is 0. The largest absolute Gasteiger partial charge is 0.507 e. The lowest BCUT2D eigenvalue weighted by Gasteiger charge is -2.10. The maximum absolute atomic E-state index is 12.1. The van der Waals surface area contributed by atoms with E-state index in [4.69, 9.17) is 21.5 Å². The van der Waals surface area contributed by atoms with E-state index >= 15 is 0 Å². The topological polar surface area (TPSA) is 160 Å². The number of hydrogen-bond donors (Lipinski definition) is 5. The predicted octanol–water partition coefficient (Wildman–Crippen LogP) is 1.55. The summed E-state index contributed by atoms with van der Waals surface area (Å²) >= 11 is 0. The lowest BCUT2D eigenvalue weighted by atomic mass is 10.1. The van der Waals surface area contributed by atoms with Crippen LogP contribution in [0.5, 0.6) is 5.75 Å². The van der Waals surface area contributed by atoms with Crippen molar-refractivity contribution in [2.75, 3.05) is 11.1 Å². The molecule has 0 saturated carbocycles. The number of benzene rings is 2. The Morgan fingerprint density at radius 2 is 1.88 bits per heavy atom. The number of anilines is 2. The van der Waals surface area contributed by atoms with Gasteiger partial charge < -0.3 is 21.3 Å². The molecule has 8 nitrogen and oxygen atoms in total. The molecule has 0 bridgehead atoms. The number of nitrogens with one attached hydrogen (secondary N) is 2. The molecule has 0 radical (unpaired) electrons. The summed E-state index contributed by atoms with van der Waals surface area (Å²) in [7, 11) is 0. The minimum atomic E-state index is -1.33. The number of rotatable bonds is 4. The number of nitrogen functional groups attached to an aromatic ring is 1. The Balaban J connectivity index is 2.31. The molecule has 24 heavy (non-hydrogen) atoms. The Labute approximate surface area is 136 Å². The van der Waals surface area contributed by atoms with Gasteiger partial charge in [-0.2, -0.15) is 5.26 Å². The van der Waals surface area contributed by atoms with Crippen molar-refractivity contribution in [1.29, 1.82) is 10.7 Å². The highest BCUT2D eigenvalue weighted by Gasteiger charge is 2.19. The van der Waals surface area contributed by atoms with Gasteiger partial charge in [0.05, 0.1) is 22.9 Å². The third-order valence-corrected chi connectivity index (χ3v) is 3.15. The highest BCUT2D eigenvalue weighted by molar-refractivity contribution is 6.48. The Kier molecular flexibility index (Phi) is 4.47. The Morgan fingerprint density at radius 3 is 2.46 bits per heavy atom. The maximum atomic E-state index is 12.1. The number of carbonyl (C=O) groups is 2. The van der Waals surface area contributed by atoms with Crippen LogP contribution >= 0.6 is 0 Å². The van der Waals surface area contributed by atoms with Crippen LogP contribution in [-0.2, 0) is 4.79 Å². The fourth-order valence-corrected chi connectivity index (χ4v) is 1.97. The summed E-state index contributed by atoms with van der Waals surface area (Å²) in [6, 6.07) is 9.44. The number of hydrogen-bond acceptors (Lipinski definition) is 6. The molecule has 120 valence electrons. The van der Waals surface area contributed by atoms with Gasteiger partial charge in [0.15, 0.2) is 0 Å². The van der Waals surface area contributed by atoms with Gasteiger partial charge in [-0.25, -0.2) is 4.79 Å². The quantitative estimate of drug-likeness (QED) is 0.423. The molecule has 0 spiro atoms. The molecule has 2 aromatic carbocycles. The van der Waals surface area contributed by atoms with Gasteiger partial charge in [0.25, 0.3) is 5.91 Å². The van der Waals surface area contributed by atoms with Crippen molar-refractivity contribution in [2.45, 2.75) is 0 Å². The van der Waals surface area contributed by atoms with E-state index in [9.17, 15) is 14.7 Å². The van der Waals surface area contributed by atoms with Crippen molar-refractivity contribution in [2.24, 2.45) is 0 Å². The van der Waals surface area contributed by atoms with Crippen molar-refractivity contribution in [3.63, 3.8) is 0 Å². The maximum Gasteiger partial charge on any atom is 0.337 e. The summed E-state index contributed by atoms with van der Waals surface area (Å²) in [4.78, 5) is 23.4. The SMILES string of the molecule is N#Cc1ccc(NC(=O)C(=N)c2ccc(N)cc2O)c(C(=O)O)c1. The second-order valence-corrected chi connectivity index (χ2v) is 4.78. The second kappa shape index (κ2) is 6.50. The highest BCUT2D eigenvalue weighted by atomic mass is 16.4. The normalized spacial score (nSPS) is 9.79. The molecule has 1 amide bonds. The number of carboxylic acid groups (broad SMARTS) is 1. The molecular weight excluding hydrogens is 312 g/mol. The average Bonchev–Trinajstić information content (AvgIpc) is 2.54. The van der Waals surface area contributed by atoms with Crippen molar-refractivity contribution >= 4 is 29.0 Å². The number of phenols is 1. The molecule has 0 heterocycles. The van der Waals surface area contributed by atoms with Crippen LogP contribution in [0.15, 0.2) is 36.4 Å². The predicted molar refractivity (Wildman–Crippen MR) is 86.1 cm³/mol. The van der Waals surface area contributed by atoms with Crippen LogP contribution in [0.1, 0.15) is 21.5 Å². The first-order chi connectivity index (χ1) is 11.3. The third kappa shape index (κ3) is 3.31. The van der Waals surface area contributed by atoms with Crippen molar-refractivity contribution in [1.82, 2.24) is 0 Å². The average molecular weight is 324 g/mol. The Bertz CT molecular complexity index is 899. The third-order valence-electron chi connectivity index (χ3n) is 3.15. The lowest BCUT2D eigenvalue weighted by Crippen LogP contribution is -2.24. The van der Waals surface area contributed by atoms with Crippen molar-refractivity contribution in [3.8, 4) is 11.8 Å². The minimum Gasteiger partial charge on any atom is -0.507 e. The van der Waals surface area contributed by atoms with E-state index in [1.54, 1.807) is 6.07 Å². The van der Waals surface area contributed by atoms with Gasteiger partial charge in [-0.15, -0.1) is 0 Å². The Hall–Kier alpha value is -3.86. The van der Waals surface area contributed by atoms with Crippen LogP contribution in [0.3, 0.4) is 0 Å². The number of carboxylic acids is 1. The summed E-state index contributed by atoms with van der Waals surface area (Å²) in [5.41, 5.74) is 4.92. The lowest BCUT2D eigenvalue weighted by molar-refractivity contribution is -0.110. The van der Waals surface area contributed by atoms with Gasteiger partial charge in [0, 0.05) is 17.3 Å². The van der Waals surface area contributed by atoms with Gasteiger partial charge >= 0.3 is 5.97 Å². The van der Waals surface area contributed by atoms with Crippen LogP contribution in [-0.4, -0.2) is 27.8 Å². The molecule has 0 atom stereocenters. The zero-order chi connectivity index (χ0) is 17.9. The van der Waals surface area contributed by atoms with Gasteiger partial charge in [-0.1, -0.05) is 0 Å². The molecule has 0 aliphatic heterocycles. The number of carbonyl (C=O) groups excluding carboxylic acids is 1. The van der Waals surface area contributed by atoms with Gasteiger partial charge in [-0.05, 0) is 30.3 Å². The summed E-state index contributed by atoms with van der Waals surface area (Å²) in [5, 5.41) is 37.8. The molecule has 0 unspecified atom stereocenters. The number of nitrogens with zero attached hydrogens (tertiary/aromatic N) is 1. The first kappa shape index (κ1) is 16.5. The summed E-state index contributed by atoms with van der Waals surface area (Å²) in [5.74, 6) is -2.58. The number of nitriles is 1. The monoisotopic (exact) mass is 324 g/mol. The first-order valence-electron chi connectivity index (χ1n) is 6.59. The van der Waals surface area contributed by atoms with E-state index in [0.717, 1.165) is 6.07 Å². The molecule has 0 saturated heterocycles. The number of aromatic carboxylic acids is 1. The fourth-order valence-electron chi connectivity index (χ4n) is 1.97. The minimum absolute atomic E-state index is 0.0489. The van der Waals surface area contributed by atoms with Crippen molar-refractivity contribution < 1.29 is 19.8 Å². The van der Waals surface area contributed by atoms with Crippen LogP contribution < -0.4 is 11.1 Å². The fraction of sp³-hybridized carbons (Fsp3) is 0. The number of amides is 1.